The van der Waals surface area contributed by atoms with Crippen molar-refractivity contribution in [3.05, 3.63) is 82.9 Å². The lowest BCUT2D eigenvalue weighted by Gasteiger charge is -2.04. The van der Waals surface area contributed by atoms with E-state index in [0.29, 0.717) is 22.6 Å². The van der Waals surface area contributed by atoms with E-state index in [1.165, 1.54) is 36.5 Å². The summed E-state index contributed by atoms with van der Waals surface area (Å²) in [6.07, 6.45) is 1.42. The van der Waals surface area contributed by atoms with Crippen molar-refractivity contribution in [2.24, 2.45) is 5.10 Å². The summed E-state index contributed by atoms with van der Waals surface area (Å²) in [5.74, 6) is -0.824. The smallest absolute Gasteiger partial charge is 0.335 e. The highest BCUT2D eigenvalue weighted by atomic mass is 19.1. The Kier molecular flexibility index (Phi) is 5.64. The quantitative estimate of drug-likeness (QED) is 0.503. The average Bonchev–Trinajstić information content (AvgIpc) is 3.12. The third-order valence-electron chi connectivity index (χ3n) is 4.04. The summed E-state index contributed by atoms with van der Waals surface area (Å²) in [4.78, 5) is 23.0. The lowest BCUT2D eigenvalue weighted by atomic mass is 10.0. The number of nitrogens with zero attached hydrogens (tertiary/aromatic N) is 1. The van der Waals surface area contributed by atoms with Crippen molar-refractivity contribution in [2.75, 3.05) is 0 Å². The van der Waals surface area contributed by atoms with E-state index in [2.05, 4.69) is 10.5 Å². The summed E-state index contributed by atoms with van der Waals surface area (Å²) in [6, 6.07) is 13.8. The van der Waals surface area contributed by atoms with E-state index in [1.54, 1.807) is 24.3 Å². The minimum absolute atomic E-state index is 0.0716. The summed E-state index contributed by atoms with van der Waals surface area (Å²) in [7, 11) is 0. The predicted molar refractivity (Wildman–Crippen MR) is 102 cm³/mol. The van der Waals surface area contributed by atoms with Gasteiger partial charge in [-0.1, -0.05) is 18.2 Å². The minimum atomic E-state index is -1.02. The van der Waals surface area contributed by atoms with Crippen molar-refractivity contribution < 1.29 is 23.5 Å². The Morgan fingerprint density at radius 3 is 2.61 bits per heavy atom. The maximum absolute atomic E-state index is 12.9. The number of rotatable bonds is 6. The van der Waals surface area contributed by atoms with Gasteiger partial charge in [-0.3, -0.25) is 4.79 Å². The molecule has 0 bridgehead atoms. The Balaban J connectivity index is 1.64. The van der Waals surface area contributed by atoms with Gasteiger partial charge in [0.05, 0.1) is 18.2 Å². The monoisotopic (exact) mass is 380 g/mol. The second-order valence-electron chi connectivity index (χ2n) is 6.13. The Morgan fingerprint density at radius 1 is 1.14 bits per heavy atom. The molecule has 0 spiro atoms. The topological polar surface area (TPSA) is 91.9 Å². The van der Waals surface area contributed by atoms with E-state index in [4.69, 9.17) is 9.52 Å². The number of carboxylic acids is 1. The second-order valence-corrected chi connectivity index (χ2v) is 6.13. The van der Waals surface area contributed by atoms with E-state index in [9.17, 15) is 14.0 Å². The normalized spacial score (nSPS) is 10.9. The Labute approximate surface area is 160 Å². The highest BCUT2D eigenvalue weighted by molar-refractivity contribution is 5.89. The van der Waals surface area contributed by atoms with Crippen LogP contribution in [-0.4, -0.2) is 23.2 Å². The molecule has 0 aliphatic rings. The lowest BCUT2D eigenvalue weighted by Crippen LogP contribution is -2.19. The van der Waals surface area contributed by atoms with Gasteiger partial charge < -0.3 is 9.52 Å². The molecule has 7 heteroatoms. The first-order chi connectivity index (χ1) is 13.4. The molecule has 0 saturated heterocycles. The molecule has 28 heavy (non-hydrogen) atoms. The van der Waals surface area contributed by atoms with Crippen LogP contribution in [0.2, 0.25) is 0 Å². The van der Waals surface area contributed by atoms with E-state index < -0.39 is 5.97 Å². The van der Waals surface area contributed by atoms with Crippen LogP contribution < -0.4 is 5.43 Å². The van der Waals surface area contributed by atoms with Gasteiger partial charge in [-0.2, -0.15) is 5.10 Å². The van der Waals surface area contributed by atoms with Gasteiger partial charge in [-0.15, -0.1) is 0 Å². The van der Waals surface area contributed by atoms with Gasteiger partial charge >= 0.3 is 5.97 Å². The fraction of sp³-hybridized carbons (Fsp3) is 0.0952. The summed E-state index contributed by atoms with van der Waals surface area (Å²) >= 11 is 0. The lowest BCUT2D eigenvalue weighted by molar-refractivity contribution is -0.120. The number of nitrogens with one attached hydrogen (secondary N) is 1. The van der Waals surface area contributed by atoms with Crippen LogP contribution in [0, 0.1) is 12.7 Å². The highest BCUT2D eigenvalue weighted by Gasteiger charge is 2.11. The molecular formula is C21H17FN2O4. The summed E-state index contributed by atoms with van der Waals surface area (Å²) < 4.78 is 18.5. The highest BCUT2D eigenvalue weighted by Crippen LogP contribution is 2.26. The van der Waals surface area contributed by atoms with Crippen LogP contribution in [0.15, 0.2) is 64.1 Å². The van der Waals surface area contributed by atoms with Gasteiger partial charge in [0, 0.05) is 5.56 Å². The molecule has 1 heterocycles. The molecule has 0 fully saturated rings. The number of hydrogen-bond acceptors (Lipinski definition) is 4. The molecule has 142 valence electrons. The number of benzene rings is 2. The summed E-state index contributed by atoms with van der Waals surface area (Å²) in [6.45, 7) is 1.85. The van der Waals surface area contributed by atoms with Crippen LogP contribution in [0.1, 0.15) is 27.2 Å². The fourth-order valence-corrected chi connectivity index (χ4v) is 2.58. The van der Waals surface area contributed by atoms with Crippen LogP contribution in [0.4, 0.5) is 4.39 Å². The van der Waals surface area contributed by atoms with Crippen LogP contribution in [0.5, 0.6) is 0 Å². The number of aryl methyl sites for hydroxylation is 1. The van der Waals surface area contributed by atoms with Crippen molar-refractivity contribution in [2.45, 2.75) is 13.3 Å². The first-order valence-corrected chi connectivity index (χ1v) is 8.43. The van der Waals surface area contributed by atoms with Crippen molar-refractivity contribution >= 4 is 18.1 Å². The van der Waals surface area contributed by atoms with Gasteiger partial charge in [-0.25, -0.2) is 14.6 Å². The Morgan fingerprint density at radius 2 is 1.89 bits per heavy atom. The molecule has 3 aromatic rings. The molecule has 1 aromatic heterocycles. The largest absolute Gasteiger partial charge is 0.478 e. The van der Waals surface area contributed by atoms with Crippen LogP contribution >= 0.6 is 0 Å². The first kappa shape index (κ1) is 19.0. The molecular weight excluding hydrogens is 363 g/mol. The van der Waals surface area contributed by atoms with Crippen LogP contribution in [0.3, 0.4) is 0 Å². The van der Waals surface area contributed by atoms with Gasteiger partial charge in [0.15, 0.2) is 0 Å². The number of carboxylic acid groups (broad SMARTS) is 1. The van der Waals surface area contributed by atoms with Crippen LogP contribution in [0.25, 0.3) is 11.3 Å². The Hall–Kier alpha value is -3.74. The fourth-order valence-electron chi connectivity index (χ4n) is 2.58. The molecule has 2 N–H and O–H groups in total. The maximum Gasteiger partial charge on any atom is 0.335 e. The number of hydrazone groups is 1. The molecule has 0 aliphatic heterocycles. The van der Waals surface area contributed by atoms with Crippen LogP contribution in [-0.2, 0) is 11.2 Å². The number of amides is 1. The van der Waals surface area contributed by atoms with Crippen molar-refractivity contribution in [3.63, 3.8) is 0 Å². The maximum atomic E-state index is 12.9. The Bertz CT molecular complexity index is 1040. The molecule has 1 amide bonds. The number of aromatic carboxylic acids is 1. The van der Waals surface area contributed by atoms with Crippen molar-refractivity contribution in [3.8, 4) is 11.3 Å². The zero-order chi connectivity index (χ0) is 20.1. The number of furan rings is 1. The standard InChI is InChI=1S/C21H17FN2O4/c1-13-2-5-15(21(26)27)11-18(13)19-9-8-17(28-19)12-23-24-20(25)10-14-3-6-16(22)7-4-14/h2-9,11-12H,10H2,1H3,(H,24,25)(H,26,27)/b23-12+. The van der Waals surface area contributed by atoms with Gasteiger partial charge in [-0.05, 0) is 54.4 Å². The molecule has 0 aliphatic carbocycles. The van der Waals surface area contributed by atoms with Gasteiger partial charge in [0.1, 0.15) is 17.3 Å². The molecule has 2 aromatic carbocycles. The minimum Gasteiger partial charge on any atom is -0.478 e. The summed E-state index contributed by atoms with van der Waals surface area (Å²) in [5.41, 5.74) is 4.75. The number of halogens is 1. The first-order valence-electron chi connectivity index (χ1n) is 8.43. The number of carbonyl (C=O) groups is 2. The molecule has 0 atom stereocenters. The van der Waals surface area contributed by atoms with Crippen molar-refractivity contribution in [1.29, 1.82) is 0 Å². The molecule has 0 saturated carbocycles. The van der Waals surface area contributed by atoms with E-state index in [-0.39, 0.29) is 23.7 Å². The number of carbonyl (C=O) groups excluding carboxylic acids is 1. The zero-order valence-corrected chi connectivity index (χ0v) is 15.0. The number of hydrogen-bond donors (Lipinski definition) is 2. The second kappa shape index (κ2) is 8.30. The van der Waals surface area contributed by atoms with Gasteiger partial charge in [0.25, 0.3) is 0 Å². The molecule has 6 nitrogen and oxygen atoms in total. The predicted octanol–water partition coefficient (Wildman–Crippen LogP) is 3.79. The van der Waals surface area contributed by atoms with E-state index >= 15 is 0 Å². The third-order valence-corrected chi connectivity index (χ3v) is 4.04. The summed E-state index contributed by atoms with van der Waals surface area (Å²) in [5, 5.41) is 13.0. The molecule has 0 radical (unpaired) electrons. The molecule has 3 rings (SSSR count). The SMILES string of the molecule is Cc1ccc(C(=O)O)cc1-c1ccc(/C=N/NC(=O)Cc2ccc(F)cc2)o1. The zero-order valence-electron chi connectivity index (χ0n) is 15.0. The van der Waals surface area contributed by atoms with E-state index in [1.807, 2.05) is 6.92 Å². The van der Waals surface area contributed by atoms with Gasteiger partial charge in [0.2, 0.25) is 5.91 Å². The van der Waals surface area contributed by atoms with E-state index in [0.717, 1.165) is 5.56 Å². The third kappa shape index (κ3) is 4.70. The van der Waals surface area contributed by atoms with Crippen molar-refractivity contribution in [1.82, 2.24) is 5.43 Å². The molecule has 0 unspecified atom stereocenters. The average molecular weight is 380 g/mol.